The van der Waals surface area contributed by atoms with Crippen LogP contribution in [0, 0.1) is 5.41 Å². The molecule has 1 rings (SSSR count). The Bertz CT molecular complexity index is 221. The van der Waals surface area contributed by atoms with Gasteiger partial charge in [-0.1, -0.05) is 27.2 Å². The van der Waals surface area contributed by atoms with Crippen molar-refractivity contribution in [2.75, 3.05) is 6.61 Å². The van der Waals surface area contributed by atoms with Crippen molar-refractivity contribution < 1.29 is 20.1 Å². The summed E-state index contributed by atoms with van der Waals surface area (Å²) in [5, 5.41) is 28.7. The van der Waals surface area contributed by atoms with Crippen molar-refractivity contribution in [1.82, 2.24) is 0 Å². The molecule has 0 amide bonds. The van der Waals surface area contributed by atoms with Gasteiger partial charge in [-0.2, -0.15) is 0 Å². The van der Waals surface area contributed by atoms with Crippen LogP contribution in [0.1, 0.15) is 40.0 Å². The van der Waals surface area contributed by atoms with E-state index in [0.717, 1.165) is 19.3 Å². The van der Waals surface area contributed by atoms with Gasteiger partial charge in [0.1, 0.15) is 18.3 Å². The largest absolute Gasteiger partial charge is 0.394 e. The third kappa shape index (κ3) is 2.40. The SMILES string of the molecule is CCCC(C)(CC)C1OC(CO)C(O)C1O. The Kier molecular flexibility index (Phi) is 4.73. The number of aliphatic hydroxyl groups is 3. The second-order valence-electron chi connectivity index (χ2n) is 5.02. The molecule has 1 saturated heterocycles. The van der Waals surface area contributed by atoms with Gasteiger partial charge in [-0.05, 0) is 18.3 Å². The van der Waals surface area contributed by atoms with E-state index in [2.05, 4.69) is 20.8 Å². The van der Waals surface area contributed by atoms with Crippen molar-refractivity contribution in [1.29, 1.82) is 0 Å². The summed E-state index contributed by atoms with van der Waals surface area (Å²) >= 11 is 0. The van der Waals surface area contributed by atoms with E-state index in [-0.39, 0.29) is 18.1 Å². The maximum Gasteiger partial charge on any atom is 0.111 e. The lowest BCUT2D eigenvalue weighted by Gasteiger charge is -2.35. The highest BCUT2D eigenvalue weighted by atomic mass is 16.6. The second-order valence-corrected chi connectivity index (χ2v) is 5.02. The van der Waals surface area contributed by atoms with Gasteiger partial charge in [0.15, 0.2) is 0 Å². The Labute approximate surface area is 97.2 Å². The fourth-order valence-corrected chi connectivity index (χ4v) is 2.57. The Balaban J connectivity index is 2.79. The first kappa shape index (κ1) is 13.9. The standard InChI is InChI=1S/C12H24O4/c1-4-6-12(3,5-2)11-10(15)9(14)8(7-13)16-11/h8-11,13-15H,4-7H2,1-3H3. The molecule has 0 bridgehead atoms. The molecule has 96 valence electrons. The molecule has 3 N–H and O–H groups in total. The number of aliphatic hydroxyl groups excluding tert-OH is 3. The molecule has 5 atom stereocenters. The Morgan fingerprint density at radius 2 is 1.81 bits per heavy atom. The van der Waals surface area contributed by atoms with Gasteiger partial charge < -0.3 is 20.1 Å². The third-order valence-corrected chi connectivity index (χ3v) is 3.86. The molecule has 4 heteroatoms. The van der Waals surface area contributed by atoms with Crippen LogP contribution in [0.4, 0.5) is 0 Å². The van der Waals surface area contributed by atoms with Crippen LogP contribution in [0.15, 0.2) is 0 Å². The molecule has 1 aliphatic rings. The third-order valence-electron chi connectivity index (χ3n) is 3.86. The van der Waals surface area contributed by atoms with Crippen LogP contribution in [-0.4, -0.2) is 46.3 Å². The average Bonchev–Trinajstić information content (AvgIpc) is 2.56. The summed E-state index contributed by atoms with van der Waals surface area (Å²) in [5.74, 6) is 0. The fraction of sp³-hybridized carbons (Fsp3) is 1.00. The maximum absolute atomic E-state index is 9.97. The van der Waals surface area contributed by atoms with Crippen molar-refractivity contribution in [2.45, 2.75) is 64.4 Å². The Hall–Kier alpha value is -0.160. The van der Waals surface area contributed by atoms with E-state index in [0.29, 0.717) is 0 Å². The van der Waals surface area contributed by atoms with Gasteiger partial charge in [-0.25, -0.2) is 0 Å². The summed E-state index contributed by atoms with van der Waals surface area (Å²) in [4.78, 5) is 0. The number of hydrogen-bond acceptors (Lipinski definition) is 4. The van der Waals surface area contributed by atoms with Crippen LogP contribution >= 0.6 is 0 Å². The highest BCUT2D eigenvalue weighted by molar-refractivity contribution is 4.98. The molecular weight excluding hydrogens is 208 g/mol. The van der Waals surface area contributed by atoms with Gasteiger partial charge >= 0.3 is 0 Å². The number of hydrogen-bond donors (Lipinski definition) is 3. The van der Waals surface area contributed by atoms with Crippen LogP contribution in [0.25, 0.3) is 0 Å². The summed E-state index contributed by atoms with van der Waals surface area (Å²) in [6.45, 7) is 5.97. The van der Waals surface area contributed by atoms with Gasteiger partial charge in [-0.15, -0.1) is 0 Å². The normalized spacial score (nSPS) is 38.6. The quantitative estimate of drug-likeness (QED) is 0.652. The lowest BCUT2D eigenvalue weighted by molar-refractivity contribution is -0.0803. The number of ether oxygens (including phenoxy) is 1. The van der Waals surface area contributed by atoms with Crippen LogP contribution in [0.2, 0.25) is 0 Å². The fourth-order valence-electron chi connectivity index (χ4n) is 2.57. The van der Waals surface area contributed by atoms with E-state index in [9.17, 15) is 10.2 Å². The minimum absolute atomic E-state index is 0.140. The molecule has 4 nitrogen and oxygen atoms in total. The first-order valence-corrected chi connectivity index (χ1v) is 6.12. The molecule has 0 saturated carbocycles. The molecular formula is C12H24O4. The first-order chi connectivity index (χ1) is 7.50. The van der Waals surface area contributed by atoms with Gasteiger partial charge in [0.05, 0.1) is 12.7 Å². The van der Waals surface area contributed by atoms with Gasteiger partial charge in [0.2, 0.25) is 0 Å². The minimum Gasteiger partial charge on any atom is -0.394 e. The molecule has 1 aliphatic heterocycles. The van der Waals surface area contributed by atoms with E-state index < -0.39 is 18.3 Å². The predicted octanol–water partition coefficient (Wildman–Crippen LogP) is 0.684. The van der Waals surface area contributed by atoms with E-state index in [1.165, 1.54) is 0 Å². The van der Waals surface area contributed by atoms with Gasteiger partial charge in [-0.3, -0.25) is 0 Å². The van der Waals surface area contributed by atoms with Crippen molar-refractivity contribution in [3.05, 3.63) is 0 Å². The lowest BCUT2D eigenvalue weighted by atomic mass is 9.75. The molecule has 0 aliphatic carbocycles. The molecule has 5 unspecified atom stereocenters. The highest BCUT2D eigenvalue weighted by Gasteiger charge is 2.49. The highest BCUT2D eigenvalue weighted by Crippen LogP contribution is 2.40. The van der Waals surface area contributed by atoms with Crippen LogP contribution in [-0.2, 0) is 4.74 Å². The molecule has 0 aromatic heterocycles. The minimum atomic E-state index is -0.974. The zero-order chi connectivity index (χ0) is 12.3. The molecule has 0 aromatic carbocycles. The molecule has 0 radical (unpaired) electrons. The summed E-state index contributed by atoms with van der Waals surface area (Å²) in [6.07, 6.45) is -0.0703. The maximum atomic E-state index is 9.97. The monoisotopic (exact) mass is 232 g/mol. The molecule has 1 heterocycles. The summed E-state index contributed by atoms with van der Waals surface area (Å²) in [5.41, 5.74) is -0.140. The van der Waals surface area contributed by atoms with Gasteiger partial charge in [0, 0.05) is 0 Å². The van der Waals surface area contributed by atoms with E-state index in [4.69, 9.17) is 9.84 Å². The first-order valence-electron chi connectivity index (χ1n) is 6.12. The van der Waals surface area contributed by atoms with E-state index >= 15 is 0 Å². The summed E-state index contributed by atoms with van der Waals surface area (Å²) in [6, 6.07) is 0. The topological polar surface area (TPSA) is 69.9 Å². The molecule has 0 aromatic rings. The molecule has 1 fully saturated rings. The zero-order valence-electron chi connectivity index (χ0n) is 10.4. The molecule has 0 spiro atoms. The van der Waals surface area contributed by atoms with E-state index in [1.54, 1.807) is 0 Å². The smallest absolute Gasteiger partial charge is 0.111 e. The van der Waals surface area contributed by atoms with Crippen molar-refractivity contribution in [2.24, 2.45) is 5.41 Å². The Morgan fingerprint density at radius 1 is 1.19 bits per heavy atom. The van der Waals surface area contributed by atoms with Crippen molar-refractivity contribution >= 4 is 0 Å². The number of rotatable bonds is 5. The van der Waals surface area contributed by atoms with Crippen molar-refractivity contribution in [3.63, 3.8) is 0 Å². The predicted molar refractivity (Wildman–Crippen MR) is 61.1 cm³/mol. The molecule has 16 heavy (non-hydrogen) atoms. The Morgan fingerprint density at radius 3 is 2.19 bits per heavy atom. The van der Waals surface area contributed by atoms with Crippen molar-refractivity contribution in [3.8, 4) is 0 Å². The van der Waals surface area contributed by atoms with E-state index in [1.807, 2.05) is 0 Å². The summed E-state index contributed by atoms with van der Waals surface area (Å²) < 4.78 is 5.59. The zero-order valence-corrected chi connectivity index (χ0v) is 10.4. The lowest BCUT2D eigenvalue weighted by Crippen LogP contribution is -2.42. The summed E-state index contributed by atoms with van der Waals surface area (Å²) in [7, 11) is 0. The second kappa shape index (κ2) is 5.45. The van der Waals surface area contributed by atoms with Gasteiger partial charge in [0.25, 0.3) is 0 Å². The van der Waals surface area contributed by atoms with Crippen LogP contribution < -0.4 is 0 Å². The average molecular weight is 232 g/mol. The van der Waals surface area contributed by atoms with Crippen LogP contribution in [0.3, 0.4) is 0 Å². The van der Waals surface area contributed by atoms with Crippen LogP contribution in [0.5, 0.6) is 0 Å².